The molecule has 5 nitrogen and oxygen atoms in total. The summed E-state index contributed by atoms with van der Waals surface area (Å²) in [5.74, 6) is 0.323. The van der Waals surface area contributed by atoms with E-state index in [0.717, 1.165) is 10.9 Å². The van der Waals surface area contributed by atoms with Gasteiger partial charge in [0.1, 0.15) is 0 Å². The standard InChI is InChI=1S/C22H25N3O2/c1-15(2)13-25-14-20(18-11-7-8-12-19(18)21(25)26)24-22(27)23-16(3)17-9-5-4-6-10-17/h4-12,14-16H,13H2,1-3H3,(H2,23,24,27). The van der Waals surface area contributed by atoms with Crippen LogP contribution in [0.5, 0.6) is 0 Å². The Morgan fingerprint density at radius 3 is 2.26 bits per heavy atom. The zero-order valence-corrected chi connectivity index (χ0v) is 15.9. The molecule has 0 aliphatic carbocycles. The van der Waals surface area contributed by atoms with Gasteiger partial charge in [-0.05, 0) is 24.5 Å². The number of hydrogen-bond donors (Lipinski definition) is 2. The maximum atomic E-state index is 12.7. The number of carbonyl (C=O) groups excluding carboxylic acids is 1. The molecular formula is C22H25N3O2. The molecule has 1 aromatic heterocycles. The Hall–Kier alpha value is -3.08. The molecule has 0 bridgehead atoms. The summed E-state index contributed by atoms with van der Waals surface area (Å²) in [4.78, 5) is 25.2. The molecule has 1 unspecified atom stereocenters. The van der Waals surface area contributed by atoms with Gasteiger partial charge >= 0.3 is 6.03 Å². The summed E-state index contributed by atoms with van der Waals surface area (Å²) in [6.45, 7) is 6.65. The van der Waals surface area contributed by atoms with Gasteiger partial charge in [-0.25, -0.2) is 4.79 Å². The third-order valence-corrected chi connectivity index (χ3v) is 4.45. The first-order valence-corrected chi connectivity index (χ1v) is 9.20. The molecule has 0 aliphatic heterocycles. The maximum absolute atomic E-state index is 12.7. The maximum Gasteiger partial charge on any atom is 0.319 e. The number of nitrogens with one attached hydrogen (secondary N) is 2. The van der Waals surface area contributed by atoms with Crippen molar-refractivity contribution in [1.82, 2.24) is 9.88 Å². The van der Waals surface area contributed by atoms with Crippen LogP contribution in [0.25, 0.3) is 10.8 Å². The van der Waals surface area contributed by atoms with Gasteiger partial charge < -0.3 is 15.2 Å². The van der Waals surface area contributed by atoms with Crippen LogP contribution in [0.2, 0.25) is 0 Å². The molecule has 3 aromatic rings. The highest BCUT2D eigenvalue weighted by atomic mass is 16.2. The van der Waals surface area contributed by atoms with Crippen LogP contribution in [-0.2, 0) is 6.54 Å². The van der Waals surface area contributed by atoms with Gasteiger partial charge in [0, 0.05) is 23.5 Å². The Bertz CT molecular complexity index is 993. The second kappa shape index (κ2) is 8.08. The first kappa shape index (κ1) is 18.7. The molecule has 140 valence electrons. The molecule has 0 saturated carbocycles. The number of fused-ring (bicyclic) bond motifs is 1. The van der Waals surface area contributed by atoms with Crippen molar-refractivity contribution in [2.45, 2.75) is 33.4 Å². The predicted molar refractivity (Wildman–Crippen MR) is 110 cm³/mol. The van der Waals surface area contributed by atoms with Gasteiger partial charge in [-0.15, -0.1) is 0 Å². The van der Waals surface area contributed by atoms with Gasteiger partial charge in [-0.2, -0.15) is 0 Å². The highest BCUT2D eigenvalue weighted by Crippen LogP contribution is 2.21. The lowest BCUT2D eigenvalue weighted by atomic mass is 10.1. The van der Waals surface area contributed by atoms with Crippen LogP contribution < -0.4 is 16.2 Å². The van der Waals surface area contributed by atoms with Crippen molar-refractivity contribution < 1.29 is 4.79 Å². The highest BCUT2D eigenvalue weighted by Gasteiger charge is 2.13. The summed E-state index contributed by atoms with van der Waals surface area (Å²) in [6.07, 6.45) is 1.73. The van der Waals surface area contributed by atoms with E-state index in [2.05, 4.69) is 24.5 Å². The average Bonchev–Trinajstić information content (AvgIpc) is 2.66. The van der Waals surface area contributed by atoms with E-state index < -0.39 is 0 Å². The van der Waals surface area contributed by atoms with Crippen LogP contribution in [0.4, 0.5) is 10.5 Å². The third-order valence-electron chi connectivity index (χ3n) is 4.45. The number of nitrogens with zero attached hydrogens (tertiary/aromatic N) is 1. The van der Waals surface area contributed by atoms with Crippen molar-refractivity contribution in [2.24, 2.45) is 5.92 Å². The summed E-state index contributed by atoms with van der Waals surface area (Å²) in [5, 5.41) is 7.21. The molecule has 0 saturated heterocycles. The van der Waals surface area contributed by atoms with E-state index in [9.17, 15) is 9.59 Å². The molecule has 1 heterocycles. The first-order valence-electron chi connectivity index (χ1n) is 9.20. The number of pyridine rings is 1. The molecule has 0 aliphatic rings. The third kappa shape index (κ3) is 4.37. The van der Waals surface area contributed by atoms with Gasteiger partial charge in [-0.1, -0.05) is 62.4 Å². The average molecular weight is 363 g/mol. The number of rotatable bonds is 5. The molecule has 2 aromatic carbocycles. The van der Waals surface area contributed by atoms with E-state index in [1.54, 1.807) is 16.8 Å². The number of urea groups is 1. The Morgan fingerprint density at radius 2 is 1.59 bits per heavy atom. The van der Waals surface area contributed by atoms with E-state index in [4.69, 9.17) is 0 Å². The minimum atomic E-state index is -0.300. The Balaban J connectivity index is 1.88. The normalized spacial score (nSPS) is 12.1. The van der Waals surface area contributed by atoms with Gasteiger partial charge in [0.25, 0.3) is 5.56 Å². The van der Waals surface area contributed by atoms with Crippen molar-refractivity contribution in [3.8, 4) is 0 Å². The van der Waals surface area contributed by atoms with Crippen LogP contribution in [0.15, 0.2) is 65.6 Å². The molecule has 5 heteroatoms. The minimum absolute atomic E-state index is 0.0390. The summed E-state index contributed by atoms with van der Waals surface area (Å²) >= 11 is 0. The summed E-state index contributed by atoms with van der Waals surface area (Å²) < 4.78 is 1.67. The smallest absolute Gasteiger partial charge is 0.319 e. The quantitative estimate of drug-likeness (QED) is 0.699. The molecule has 2 amide bonds. The highest BCUT2D eigenvalue weighted by molar-refractivity contribution is 6.01. The monoisotopic (exact) mass is 363 g/mol. The molecule has 0 spiro atoms. The van der Waals surface area contributed by atoms with Gasteiger partial charge in [0.15, 0.2) is 0 Å². The zero-order valence-electron chi connectivity index (χ0n) is 15.9. The summed E-state index contributed by atoms with van der Waals surface area (Å²) in [5.41, 5.74) is 1.62. The van der Waals surface area contributed by atoms with E-state index in [1.807, 2.05) is 55.5 Å². The number of aromatic nitrogens is 1. The number of amides is 2. The molecule has 0 radical (unpaired) electrons. The number of hydrogen-bond acceptors (Lipinski definition) is 2. The van der Waals surface area contributed by atoms with Crippen molar-refractivity contribution in [3.05, 3.63) is 76.7 Å². The first-order chi connectivity index (χ1) is 13.0. The topological polar surface area (TPSA) is 63.1 Å². The molecule has 2 N–H and O–H groups in total. The van der Waals surface area contributed by atoms with Crippen molar-refractivity contribution >= 4 is 22.5 Å². The molecule has 27 heavy (non-hydrogen) atoms. The van der Waals surface area contributed by atoms with E-state index in [1.165, 1.54) is 0 Å². The van der Waals surface area contributed by atoms with Crippen LogP contribution in [0.1, 0.15) is 32.4 Å². The van der Waals surface area contributed by atoms with E-state index >= 15 is 0 Å². The Labute approximate surface area is 159 Å². The minimum Gasteiger partial charge on any atom is -0.331 e. The fourth-order valence-corrected chi connectivity index (χ4v) is 3.15. The molecule has 1 atom stereocenters. The van der Waals surface area contributed by atoms with Crippen LogP contribution in [-0.4, -0.2) is 10.6 Å². The Morgan fingerprint density at radius 1 is 0.963 bits per heavy atom. The van der Waals surface area contributed by atoms with Crippen LogP contribution >= 0.6 is 0 Å². The second-order valence-corrected chi connectivity index (χ2v) is 7.17. The number of anilines is 1. The van der Waals surface area contributed by atoms with Gasteiger partial charge in [0.05, 0.1) is 11.7 Å². The number of carbonyl (C=O) groups is 1. The van der Waals surface area contributed by atoms with Crippen molar-refractivity contribution in [1.29, 1.82) is 0 Å². The zero-order chi connectivity index (χ0) is 19.4. The summed E-state index contributed by atoms with van der Waals surface area (Å²) in [6, 6.07) is 16.7. The Kier molecular flexibility index (Phi) is 5.60. The second-order valence-electron chi connectivity index (χ2n) is 7.17. The predicted octanol–water partition coefficient (Wildman–Crippen LogP) is 4.54. The SMILES string of the molecule is CC(C)Cn1cc(NC(=O)NC(C)c2ccccc2)c2ccccc2c1=O. The van der Waals surface area contributed by atoms with Crippen LogP contribution in [0.3, 0.4) is 0 Å². The molecule has 0 fully saturated rings. The molecule has 3 rings (SSSR count). The van der Waals surface area contributed by atoms with Gasteiger partial charge in [-0.3, -0.25) is 4.79 Å². The van der Waals surface area contributed by atoms with Crippen molar-refractivity contribution in [3.63, 3.8) is 0 Å². The fourth-order valence-electron chi connectivity index (χ4n) is 3.15. The largest absolute Gasteiger partial charge is 0.331 e. The summed E-state index contributed by atoms with van der Waals surface area (Å²) in [7, 11) is 0. The lowest BCUT2D eigenvalue weighted by Crippen LogP contribution is -2.32. The molecular weight excluding hydrogens is 338 g/mol. The fraction of sp³-hybridized carbons (Fsp3) is 0.273. The lowest BCUT2D eigenvalue weighted by molar-refractivity contribution is 0.249. The number of benzene rings is 2. The van der Waals surface area contributed by atoms with E-state index in [0.29, 0.717) is 23.5 Å². The van der Waals surface area contributed by atoms with E-state index in [-0.39, 0.29) is 17.6 Å². The van der Waals surface area contributed by atoms with Crippen LogP contribution in [0, 0.1) is 5.92 Å². The lowest BCUT2D eigenvalue weighted by Gasteiger charge is -2.17. The van der Waals surface area contributed by atoms with Gasteiger partial charge in [0.2, 0.25) is 0 Å². The van der Waals surface area contributed by atoms with Crippen molar-refractivity contribution in [2.75, 3.05) is 5.32 Å².